The Kier molecular flexibility index (Phi) is 5.08. The quantitative estimate of drug-likeness (QED) is 0.633. The summed E-state index contributed by atoms with van der Waals surface area (Å²) in [5.74, 6) is 0.529. The molecule has 2 heterocycles. The zero-order valence-electron chi connectivity index (χ0n) is 13.1. The molecule has 0 aliphatic carbocycles. The molecule has 1 aromatic carbocycles. The highest BCUT2D eigenvalue weighted by molar-refractivity contribution is 7.22. The van der Waals surface area contributed by atoms with Crippen molar-refractivity contribution in [3.63, 3.8) is 0 Å². The van der Waals surface area contributed by atoms with E-state index in [0.717, 1.165) is 15.6 Å². The van der Waals surface area contributed by atoms with Crippen molar-refractivity contribution in [1.29, 1.82) is 0 Å². The van der Waals surface area contributed by atoms with Crippen molar-refractivity contribution in [3.8, 4) is 15.6 Å². The van der Waals surface area contributed by atoms with Crippen LogP contribution in [0.2, 0.25) is 0 Å². The number of carbonyl (C=O) groups is 1. The summed E-state index contributed by atoms with van der Waals surface area (Å²) in [6.07, 6.45) is 1.68. The molecule has 122 valence electrons. The van der Waals surface area contributed by atoms with Gasteiger partial charge in [0.05, 0.1) is 10.6 Å². The molecule has 0 bridgehead atoms. The fourth-order valence-corrected chi connectivity index (χ4v) is 3.88. The van der Waals surface area contributed by atoms with Crippen molar-refractivity contribution in [2.45, 2.75) is 6.92 Å². The number of hydrogen-bond acceptors (Lipinski definition) is 5. The average Bonchev–Trinajstić information content (AvgIpc) is 3.22. The molecule has 6 heteroatoms. The standard InChI is InChI=1S/C18H16N2O2S2/c1-3-9-22-14-7-4-6-13(11-14)20-17(21)16-12(2)19-18(24-16)15-8-5-10-23-15/h3-8,10-11H,1,9H2,2H3,(H,20,21). The Hall–Kier alpha value is -2.44. The highest BCUT2D eigenvalue weighted by atomic mass is 32.1. The van der Waals surface area contributed by atoms with Crippen LogP contribution < -0.4 is 10.1 Å². The molecule has 1 amide bonds. The SMILES string of the molecule is C=CCOc1cccc(NC(=O)c2sc(-c3cccs3)nc2C)c1. The van der Waals surface area contributed by atoms with Gasteiger partial charge in [0.25, 0.3) is 5.91 Å². The Labute approximate surface area is 148 Å². The van der Waals surface area contributed by atoms with Crippen molar-refractivity contribution in [2.75, 3.05) is 11.9 Å². The third-order valence-electron chi connectivity index (χ3n) is 3.19. The van der Waals surface area contributed by atoms with Crippen LogP contribution in [0.5, 0.6) is 5.75 Å². The first-order chi connectivity index (χ1) is 11.7. The number of anilines is 1. The van der Waals surface area contributed by atoms with Crippen LogP contribution >= 0.6 is 22.7 Å². The highest BCUT2D eigenvalue weighted by Gasteiger charge is 2.17. The van der Waals surface area contributed by atoms with E-state index < -0.39 is 0 Å². The third-order valence-corrected chi connectivity index (χ3v) is 5.39. The van der Waals surface area contributed by atoms with Gasteiger partial charge in [-0.25, -0.2) is 4.98 Å². The third kappa shape index (κ3) is 3.72. The van der Waals surface area contributed by atoms with Gasteiger partial charge in [0.15, 0.2) is 0 Å². The molecule has 0 fully saturated rings. The number of carbonyl (C=O) groups excluding carboxylic acids is 1. The predicted molar refractivity (Wildman–Crippen MR) is 100 cm³/mol. The maximum Gasteiger partial charge on any atom is 0.267 e. The second-order valence-electron chi connectivity index (χ2n) is 4.99. The topological polar surface area (TPSA) is 51.2 Å². The lowest BCUT2D eigenvalue weighted by Crippen LogP contribution is -2.11. The lowest BCUT2D eigenvalue weighted by Gasteiger charge is -2.07. The number of benzene rings is 1. The summed E-state index contributed by atoms with van der Waals surface area (Å²) in [7, 11) is 0. The molecule has 0 spiro atoms. The smallest absolute Gasteiger partial charge is 0.267 e. The number of nitrogens with zero attached hydrogens (tertiary/aromatic N) is 1. The van der Waals surface area contributed by atoms with E-state index in [-0.39, 0.29) is 5.91 Å². The fraction of sp³-hybridized carbons (Fsp3) is 0.111. The van der Waals surface area contributed by atoms with Crippen LogP contribution in [0.4, 0.5) is 5.69 Å². The fourth-order valence-electron chi connectivity index (χ4n) is 2.12. The molecule has 0 radical (unpaired) electrons. The predicted octanol–water partition coefficient (Wildman–Crippen LogP) is 5.00. The van der Waals surface area contributed by atoms with Crippen LogP contribution in [0.15, 0.2) is 54.4 Å². The minimum atomic E-state index is -0.159. The molecule has 1 N–H and O–H groups in total. The van der Waals surface area contributed by atoms with Gasteiger partial charge in [-0.1, -0.05) is 24.8 Å². The Morgan fingerprint density at radius 3 is 3.00 bits per heavy atom. The Morgan fingerprint density at radius 1 is 1.38 bits per heavy atom. The van der Waals surface area contributed by atoms with Crippen LogP contribution in [0, 0.1) is 6.92 Å². The summed E-state index contributed by atoms with van der Waals surface area (Å²) in [6, 6.07) is 11.3. The van der Waals surface area contributed by atoms with E-state index in [2.05, 4.69) is 16.9 Å². The summed E-state index contributed by atoms with van der Waals surface area (Å²) < 4.78 is 5.48. The van der Waals surface area contributed by atoms with E-state index in [1.54, 1.807) is 23.5 Å². The molecule has 0 saturated carbocycles. The van der Waals surface area contributed by atoms with Gasteiger partial charge < -0.3 is 10.1 Å². The van der Waals surface area contributed by atoms with Gasteiger partial charge in [-0.05, 0) is 30.5 Å². The molecule has 0 aliphatic heterocycles. The molecule has 2 aromatic heterocycles. The first-order valence-electron chi connectivity index (χ1n) is 7.34. The van der Waals surface area contributed by atoms with E-state index in [4.69, 9.17) is 4.74 Å². The van der Waals surface area contributed by atoms with Gasteiger partial charge in [0.2, 0.25) is 0 Å². The summed E-state index contributed by atoms with van der Waals surface area (Å²) in [5.41, 5.74) is 1.42. The van der Waals surface area contributed by atoms with Crippen molar-refractivity contribution >= 4 is 34.3 Å². The van der Waals surface area contributed by atoms with Gasteiger partial charge in [-0.3, -0.25) is 4.79 Å². The number of hydrogen-bond donors (Lipinski definition) is 1. The first-order valence-corrected chi connectivity index (χ1v) is 9.03. The Bertz CT molecular complexity index is 854. The van der Waals surface area contributed by atoms with E-state index in [1.165, 1.54) is 11.3 Å². The molecule has 0 atom stereocenters. The number of amides is 1. The zero-order valence-corrected chi connectivity index (χ0v) is 14.7. The van der Waals surface area contributed by atoms with E-state index in [0.29, 0.717) is 22.9 Å². The van der Waals surface area contributed by atoms with Gasteiger partial charge in [0.1, 0.15) is 22.2 Å². The summed E-state index contributed by atoms with van der Waals surface area (Å²) >= 11 is 3.02. The van der Waals surface area contributed by atoms with E-state index in [1.807, 2.05) is 42.6 Å². The minimum Gasteiger partial charge on any atom is -0.489 e. The van der Waals surface area contributed by atoms with E-state index >= 15 is 0 Å². The number of aromatic nitrogens is 1. The molecule has 3 rings (SSSR count). The molecule has 3 aromatic rings. The van der Waals surface area contributed by atoms with Crippen molar-refractivity contribution < 1.29 is 9.53 Å². The number of ether oxygens (including phenoxy) is 1. The first kappa shape index (κ1) is 16.4. The van der Waals surface area contributed by atoms with E-state index in [9.17, 15) is 4.79 Å². The van der Waals surface area contributed by atoms with Crippen LogP contribution in [0.3, 0.4) is 0 Å². The lowest BCUT2D eigenvalue weighted by atomic mass is 10.3. The van der Waals surface area contributed by atoms with Crippen LogP contribution in [-0.4, -0.2) is 17.5 Å². The van der Waals surface area contributed by atoms with Crippen molar-refractivity contribution in [1.82, 2.24) is 4.98 Å². The van der Waals surface area contributed by atoms with Crippen LogP contribution in [0.25, 0.3) is 9.88 Å². The maximum atomic E-state index is 12.5. The monoisotopic (exact) mass is 356 g/mol. The normalized spacial score (nSPS) is 10.4. The van der Waals surface area contributed by atoms with Gasteiger partial charge in [-0.2, -0.15) is 0 Å². The summed E-state index contributed by atoms with van der Waals surface area (Å²) in [6.45, 7) is 5.90. The number of rotatable bonds is 6. The molecule has 0 unspecified atom stereocenters. The number of thiophene rings is 1. The van der Waals surface area contributed by atoms with Crippen LogP contribution in [0.1, 0.15) is 15.4 Å². The number of nitrogens with one attached hydrogen (secondary N) is 1. The lowest BCUT2D eigenvalue weighted by molar-refractivity contribution is 0.103. The molecule has 24 heavy (non-hydrogen) atoms. The van der Waals surface area contributed by atoms with Crippen molar-refractivity contribution in [2.24, 2.45) is 0 Å². The highest BCUT2D eigenvalue weighted by Crippen LogP contribution is 2.31. The second-order valence-corrected chi connectivity index (χ2v) is 6.94. The molecule has 4 nitrogen and oxygen atoms in total. The summed E-state index contributed by atoms with van der Waals surface area (Å²) in [5, 5.41) is 5.78. The van der Waals surface area contributed by atoms with Gasteiger partial charge in [-0.15, -0.1) is 22.7 Å². The average molecular weight is 356 g/mol. The molecule has 0 saturated heterocycles. The molecule has 0 aliphatic rings. The Balaban J connectivity index is 1.77. The second kappa shape index (κ2) is 7.42. The zero-order chi connectivity index (χ0) is 16.9. The van der Waals surface area contributed by atoms with Crippen molar-refractivity contribution in [3.05, 3.63) is 65.0 Å². The van der Waals surface area contributed by atoms with Gasteiger partial charge >= 0.3 is 0 Å². The number of thiazole rings is 1. The Morgan fingerprint density at radius 2 is 2.25 bits per heavy atom. The number of aryl methyl sites for hydroxylation is 1. The maximum absolute atomic E-state index is 12.5. The largest absolute Gasteiger partial charge is 0.489 e. The molecular formula is C18H16N2O2S2. The van der Waals surface area contributed by atoms with Crippen LogP contribution in [-0.2, 0) is 0 Å². The minimum absolute atomic E-state index is 0.159. The summed E-state index contributed by atoms with van der Waals surface area (Å²) in [4.78, 5) is 18.7. The van der Waals surface area contributed by atoms with Gasteiger partial charge in [0, 0.05) is 11.8 Å². The molecular weight excluding hydrogens is 340 g/mol.